The quantitative estimate of drug-likeness (QED) is 0.523. The molecule has 2 atom stereocenters. The fraction of sp³-hybridized carbons (Fsp3) is 0.448. The van der Waals surface area contributed by atoms with Crippen LogP contribution in [0.3, 0.4) is 0 Å². The molecular formula is C29H35N3O3. The van der Waals surface area contributed by atoms with Gasteiger partial charge < -0.3 is 24.3 Å². The smallest absolute Gasteiger partial charge is 0.253 e. The van der Waals surface area contributed by atoms with Gasteiger partial charge in [-0.1, -0.05) is 55.7 Å². The Kier molecular flexibility index (Phi) is 7.02. The third-order valence-corrected chi connectivity index (χ3v) is 7.53. The monoisotopic (exact) mass is 473 g/mol. The standard InChI is InChI=1S/C29H35N3O3/c1-31(2)29(34)22-13-14-23-24(17-22)32(25(19-33)26-18-30-15-16-35-26)28(21-11-7-4-8-12-21)27(23)20-9-5-3-6-10-20/h4,7-8,11-14,17,19-20,25-26,30H,3,5-6,9-10,15-16,18H2,1-2H3. The van der Waals surface area contributed by atoms with Crippen molar-refractivity contribution in [3.8, 4) is 11.3 Å². The third-order valence-electron chi connectivity index (χ3n) is 7.53. The van der Waals surface area contributed by atoms with E-state index in [1.165, 1.54) is 24.8 Å². The molecule has 1 saturated carbocycles. The number of aldehydes is 1. The number of morpholine rings is 1. The summed E-state index contributed by atoms with van der Waals surface area (Å²) in [5, 5.41) is 4.52. The summed E-state index contributed by atoms with van der Waals surface area (Å²) in [5.41, 5.74) is 5.06. The number of hydrogen-bond acceptors (Lipinski definition) is 4. The Bertz CT molecular complexity index is 1190. The van der Waals surface area contributed by atoms with Crippen LogP contribution in [0.2, 0.25) is 0 Å². The van der Waals surface area contributed by atoms with Crippen LogP contribution in [0.15, 0.2) is 48.5 Å². The molecule has 0 radical (unpaired) electrons. The van der Waals surface area contributed by atoms with Crippen LogP contribution >= 0.6 is 0 Å². The molecule has 1 amide bonds. The first-order chi connectivity index (χ1) is 17.1. The lowest BCUT2D eigenvalue weighted by molar-refractivity contribution is -0.115. The molecule has 1 N–H and O–H groups in total. The first kappa shape index (κ1) is 23.8. The molecule has 6 nitrogen and oxygen atoms in total. The molecule has 1 aliphatic heterocycles. The molecule has 0 bridgehead atoms. The molecule has 1 aromatic heterocycles. The molecule has 2 aromatic carbocycles. The van der Waals surface area contributed by atoms with Gasteiger partial charge in [0, 0.05) is 38.1 Å². The van der Waals surface area contributed by atoms with E-state index >= 15 is 0 Å². The van der Waals surface area contributed by atoms with E-state index in [4.69, 9.17) is 4.74 Å². The normalized spacial score (nSPS) is 20.0. The Morgan fingerprint density at radius 3 is 2.54 bits per heavy atom. The Morgan fingerprint density at radius 1 is 1.11 bits per heavy atom. The third kappa shape index (κ3) is 4.53. The van der Waals surface area contributed by atoms with Crippen LogP contribution in [0.1, 0.15) is 60.0 Å². The number of nitrogens with zero attached hydrogens (tertiary/aromatic N) is 2. The maximum Gasteiger partial charge on any atom is 0.253 e. The second kappa shape index (κ2) is 10.3. The lowest BCUT2D eigenvalue weighted by atomic mass is 9.81. The minimum Gasteiger partial charge on any atom is -0.373 e. The summed E-state index contributed by atoms with van der Waals surface area (Å²) < 4.78 is 8.28. The average molecular weight is 474 g/mol. The Morgan fingerprint density at radius 2 is 1.89 bits per heavy atom. The first-order valence-corrected chi connectivity index (χ1v) is 12.8. The summed E-state index contributed by atoms with van der Waals surface area (Å²) in [4.78, 5) is 27.3. The molecule has 6 heteroatoms. The average Bonchev–Trinajstić information content (AvgIpc) is 3.24. The van der Waals surface area contributed by atoms with Crippen molar-refractivity contribution in [3.63, 3.8) is 0 Å². The van der Waals surface area contributed by atoms with Gasteiger partial charge >= 0.3 is 0 Å². The van der Waals surface area contributed by atoms with E-state index in [-0.39, 0.29) is 12.0 Å². The van der Waals surface area contributed by atoms with Crippen LogP contribution in [-0.2, 0) is 9.53 Å². The molecule has 2 unspecified atom stereocenters. The van der Waals surface area contributed by atoms with Crippen molar-refractivity contribution in [1.82, 2.24) is 14.8 Å². The summed E-state index contributed by atoms with van der Waals surface area (Å²) in [7, 11) is 3.54. The second-order valence-electron chi connectivity index (χ2n) is 10.0. The highest BCUT2D eigenvalue weighted by Gasteiger charge is 2.33. The maximum atomic E-state index is 12.9. The second-order valence-corrected chi connectivity index (χ2v) is 10.0. The topological polar surface area (TPSA) is 63.6 Å². The maximum absolute atomic E-state index is 12.9. The van der Waals surface area contributed by atoms with Crippen LogP contribution in [0.25, 0.3) is 22.2 Å². The minimum absolute atomic E-state index is 0.0432. The van der Waals surface area contributed by atoms with E-state index < -0.39 is 6.04 Å². The van der Waals surface area contributed by atoms with Gasteiger partial charge in [0.05, 0.1) is 23.9 Å². The molecule has 3 aromatic rings. The number of benzene rings is 2. The van der Waals surface area contributed by atoms with Crippen molar-refractivity contribution < 1.29 is 14.3 Å². The number of fused-ring (bicyclic) bond motifs is 1. The lowest BCUT2D eigenvalue weighted by Crippen LogP contribution is -2.44. The zero-order valence-electron chi connectivity index (χ0n) is 20.7. The highest BCUT2D eigenvalue weighted by Crippen LogP contribution is 2.45. The molecule has 1 saturated heterocycles. The fourth-order valence-corrected chi connectivity index (χ4v) is 5.85. The fourth-order valence-electron chi connectivity index (χ4n) is 5.85. The van der Waals surface area contributed by atoms with Gasteiger partial charge in [0.2, 0.25) is 0 Å². The Hall–Kier alpha value is -2.96. The number of rotatable bonds is 6. The molecule has 35 heavy (non-hydrogen) atoms. The van der Waals surface area contributed by atoms with Crippen molar-refractivity contribution in [2.24, 2.45) is 0 Å². The summed E-state index contributed by atoms with van der Waals surface area (Å²) >= 11 is 0. The number of ether oxygens (including phenoxy) is 1. The van der Waals surface area contributed by atoms with E-state index in [0.29, 0.717) is 24.6 Å². The van der Waals surface area contributed by atoms with Crippen LogP contribution in [0.4, 0.5) is 0 Å². The Labute approximate surface area is 207 Å². The molecule has 2 aliphatic rings. The zero-order valence-corrected chi connectivity index (χ0v) is 20.7. The number of amides is 1. The van der Waals surface area contributed by atoms with Crippen LogP contribution < -0.4 is 5.32 Å². The van der Waals surface area contributed by atoms with Crippen molar-refractivity contribution in [1.29, 1.82) is 0 Å². The number of nitrogens with one attached hydrogen (secondary N) is 1. The predicted octanol–water partition coefficient (Wildman–Crippen LogP) is 4.79. The van der Waals surface area contributed by atoms with E-state index in [2.05, 4.69) is 40.2 Å². The summed E-state index contributed by atoms with van der Waals surface area (Å²) in [5.74, 6) is 0.383. The number of carbonyl (C=O) groups is 2. The molecule has 5 rings (SSSR count). The predicted molar refractivity (Wildman–Crippen MR) is 139 cm³/mol. The van der Waals surface area contributed by atoms with Crippen LogP contribution in [-0.4, -0.2) is 61.6 Å². The Balaban J connectivity index is 1.81. The van der Waals surface area contributed by atoms with Gasteiger partial charge in [-0.05, 0) is 42.0 Å². The van der Waals surface area contributed by atoms with Gasteiger partial charge in [-0.25, -0.2) is 0 Å². The minimum atomic E-state index is -0.498. The molecule has 184 valence electrons. The van der Waals surface area contributed by atoms with Gasteiger partial charge in [0.1, 0.15) is 12.3 Å². The lowest BCUT2D eigenvalue weighted by Gasteiger charge is -2.31. The largest absolute Gasteiger partial charge is 0.373 e. The number of aromatic nitrogens is 1. The molecule has 2 fully saturated rings. The SMILES string of the molecule is CN(C)C(=O)c1ccc2c(C3CCCCC3)c(-c3ccccc3)n(C(C=O)C3CNCCO3)c2c1. The number of hydrogen-bond donors (Lipinski definition) is 1. The van der Waals surface area contributed by atoms with Crippen LogP contribution in [0.5, 0.6) is 0 Å². The van der Waals surface area contributed by atoms with E-state index in [1.54, 1.807) is 19.0 Å². The van der Waals surface area contributed by atoms with Gasteiger partial charge in [-0.15, -0.1) is 0 Å². The summed E-state index contributed by atoms with van der Waals surface area (Å²) in [6, 6.07) is 15.9. The first-order valence-electron chi connectivity index (χ1n) is 12.8. The van der Waals surface area contributed by atoms with E-state index in [1.807, 2.05) is 18.2 Å². The van der Waals surface area contributed by atoms with Gasteiger partial charge in [0.15, 0.2) is 0 Å². The van der Waals surface area contributed by atoms with Crippen molar-refractivity contribution in [2.75, 3.05) is 33.8 Å². The molecule has 0 spiro atoms. The van der Waals surface area contributed by atoms with Crippen molar-refractivity contribution in [3.05, 3.63) is 59.7 Å². The van der Waals surface area contributed by atoms with Gasteiger partial charge in [-0.3, -0.25) is 4.79 Å². The molecule has 1 aliphatic carbocycles. The summed E-state index contributed by atoms with van der Waals surface area (Å²) in [6.45, 7) is 1.98. The highest BCUT2D eigenvalue weighted by molar-refractivity contribution is 6.01. The van der Waals surface area contributed by atoms with E-state index in [9.17, 15) is 9.59 Å². The zero-order chi connectivity index (χ0) is 24.4. The molecular weight excluding hydrogens is 438 g/mol. The van der Waals surface area contributed by atoms with Crippen molar-refractivity contribution in [2.45, 2.75) is 50.2 Å². The van der Waals surface area contributed by atoms with Gasteiger partial charge in [0.25, 0.3) is 5.91 Å². The molecule has 2 heterocycles. The summed E-state index contributed by atoms with van der Waals surface area (Å²) in [6.07, 6.45) is 6.75. The highest BCUT2D eigenvalue weighted by atomic mass is 16.5. The van der Waals surface area contributed by atoms with Crippen molar-refractivity contribution >= 4 is 23.1 Å². The number of carbonyl (C=O) groups excluding carboxylic acids is 2. The van der Waals surface area contributed by atoms with Gasteiger partial charge in [-0.2, -0.15) is 0 Å². The van der Waals surface area contributed by atoms with Crippen LogP contribution in [0, 0.1) is 0 Å². The van der Waals surface area contributed by atoms with E-state index in [0.717, 1.165) is 47.8 Å².